The van der Waals surface area contributed by atoms with Crippen molar-refractivity contribution < 1.29 is 4.79 Å². The summed E-state index contributed by atoms with van der Waals surface area (Å²) in [6.07, 6.45) is 3.69. The molecule has 26 heavy (non-hydrogen) atoms. The van der Waals surface area contributed by atoms with Gasteiger partial charge in [0.1, 0.15) is 5.78 Å². The minimum absolute atomic E-state index is 0.0603. The minimum atomic E-state index is -0.0603. The molecule has 2 aromatic rings. The molecule has 1 fully saturated rings. The van der Waals surface area contributed by atoms with Crippen LogP contribution in [-0.2, 0) is 17.6 Å². The molecule has 1 aromatic heterocycles. The van der Waals surface area contributed by atoms with E-state index in [1.807, 2.05) is 7.05 Å². The number of pyridine rings is 1. The molecule has 0 amide bonds. The summed E-state index contributed by atoms with van der Waals surface area (Å²) in [5.74, 6) is 0.225. The molecular weight excluding hydrogens is 346 g/mol. The summed E-state index contributed by atoms with van der Waals surface area (Å²) in [4.78, 5) is 21.5. The number of fused-ring (bicyclic) bond motifs is 2. The highest BCUT2D eigenvalue weighted by molar-refractivity contribution is 6.30. The molecule has 4 nitrogen and oxygen atoms in total. The van der Waals surface area contributed by atoms with Gasteiger partial charge in [-0.2, -0.15) is 0 Å². The van der Waals surface area contributed by atoms with Crippen molar-refractivity contribution >= 4 is 17.4 Å². The maximum absolute atomic E-state index is 12.1. The number of aryl methyl sites for hydroxylation is 2. The molecule has 0 spiro atoms. The van der Waals surface area contributed by atoms with Gasteiger partial charge in [-0.05, 0) is 49.6 Å². The Kier molecular flexibility index (Phi) is 4.82. The summed E-state index contributed by atoms with van der Waals surface area (Å²) in [6.45, 7) is 4.22. The molecular formula is C21H24ClN3O. The number of carbonyl (C=O) groups is 1. The average Bonchev–Trinajstić information content (AvgIpc) is 2.79. The predicted octanol–water partition coefficient (Wildman–Crippen LogP) is 3.13. The quantitative estimate of drug-likeness (QED) is 0.815. The summed E-state index contributed by atoms with van der Waals surface area (Å²) >= 11 is 6.23. The van der Waals surface area contributed by atoms with Crippen LogP contribution in [0.25, 0.3) is 0 Å². The Morgan fingerprint density at radius 2 is 1.96 bits per heavy atom. The van der Waals surface area contributed by atoms with Gasteiger partial charge in [-0.25, -0.2) is 0 Å². The highest BCUT2D eigenvalue weighted by atomic mass is 35.5. The van der Waals surface area contributed by atoms with Gasteiger partial charge in [0.25, 0.3) is 0 Å². The van der Waals surface area contributed by atoms with Crippen molar-refractivity contribution in [1.29, 1.82) is 0 Å². The number of nitrogens with zero attached hydrogens (tertiary/aromatic N) is 3. The fraction of sp³-hybridized carbons (Fsp3) is 0.429. The van der Waals surface area contributed by atoms with Crippen molar-refractivity contribution in [2.75, 3.05) is 26.7 Å². The van der Waals surface area contributed by atoms with Crippen LogP contribution in [0.3, 0.4) is 0 Å². The van der Waals surface area contributed by atoms with Crippen LogP contribution in [0, 0.1) is 0 Å². The van der Waals surface area contributed by atoms with E-state index in [1.165, 1.54) is 16.7 Å². The molecule has 4 rings (SSSR count). The van der Waals surface area contributed by atoms with E-state index in [-0.39, 0.29) is 17.9 Å². The molecule has 1 saturated heterocycles. The zero-order valence-corrected chi connectivity index (χ0v) is 16.0. The molecule has 0 unspecified atom stereocenters. The fourth-order valence-electron chi connectivity index (χ4n) is 4.32. The number of rotatable bonds is 2. The summed E-state index contributed by atoms with van der Waals surface area (Å²) < 4.78 is 0. The Morgan fingerprint density at radius 3 is 2.77 bits per heavy atom. The van der Waals surface area contributed by atoms with Crippen LogP contribution < -0.4 is 0 Å². The van der Waals surface area contributed by atoms with Gasteiger partial charge < -0.3 is 0 Å². The molecule has 0 bridgehead atoms. The number of Topliss-reactive ketones (excluding diaryl/α,β-unsaturated/α-hetero) is 1. The van der Waals surface area contributed by atoms with Crippen molar-refractivity contribution in [3.63, 3.8) is 0 Å². The van der Waals surface area contributed by atoms with E-state index in [0.29, 0.717) is 5.02 Å². The molecule has 1 aliphatic carbocycles. The molecule has 1 aromatic carbocycles. The van der Waals surface area contributed by atoms with Crippen LogP contribution in [0.2, 0.25) is 5.02 Å². The monoisotopic (exact) mass is 369 g/mol. The average molecular weight is 370 g/mol. The van der Waals surface area contributed by atoms with Crippen LogP contribution in [0.5, 0.6) is 0 Å². The lowest BCUT2D eigenvalue weighted by Gasteiger charge is -2.42. The number of aromatic nitrogens is 1. The fourth-order valence-corrected chi connectivity index (χ4v) is 4.50. The first kappa shape index (κ1) is 17.7. The first-order valence-electron chi connectivity index (χ1n) is 9.21. The highest BCUT2D eigenvalue weighted by Gasteiger charge is 2.36. The van der Waals surface area contributed by atoms with Gasteiger partial charge in [0.05, 0.1) is 22.8 Å². The first-order chi connectivity index (χ1) is 12.5. The molecule has 5 heteroatoms. The Labute approximate surface area is 159 Å². The number of benzene rings is 1. The highest BCUT2D eigenvalue weighted by Crippen LogP contribution is 2.37. The predicted molar refractivity (Wildman–Crippen MR) is 104 cm³/mol. The van der Waals surface area contributed by atoms with Gasteiger partial charge in [-0.1, -0.05) is 35.9 Å². The summed E-state index contributed by atoms with van der Waals surface area (Å²) in [7, 11) is 2.04. The standard InChI is InChI=1S/C21H24ClN3O/c1-14(26)19-13-25(10-9-24(19)2)21-18-6-4-3-5-15(18)7-8-16-11-17(22)12-23-20(16)21/h3-6,11-12,19,21H,7-10,13H2,1-2H3/t19-,21+/m1/s1. The summed E-state index contributed by atoms with van der Waals surface area (Å²) in [5.41, 5.74) is 4.99. The zero-order valence-electron chi connectivity index (χ0n) is 15.3. The van der Waals surface area contributed by atoms with Gasteiger partial charge >= 0.3 is 0 Å². The molecule has 2 aliphatic rings. The van der Waals surface area contributed by atoms with Crippen molar-refractivity contribution in [2.24, 2.45) is 0 Å². The van der Waals surface area contributed by atoms with Crippen molar-refractivity contribution in [3.8, 4) is 0 Å². The smallest absolute Gasteiger partial charge is 0.148 e. The largest absolute Gasteiger partial charge is 0.298 e. The van der Waals surface area contributed by atoms with Crippen LogP contribution in [0.1, 0.15) is 35.3 Å². The minimum Gasteiger partial charge on any atom is -0.298 e. The van der Waals surface area contributed by atoms with Crippen molar-refractivity contribution in [2.45, 2.75) is 31.8 Å². The molecule has 2 atom stereocenters. The Hall–Kier alpha value is -1.75. The van der Waals surface area contributed by atoms with Gasteiger partial charge in [-0.15, -0.1) is 0 Å². The third-order valence-corrected chi connectivity index (χ3v) is 5.96. The Bertz CT molecular complexity index is 838. The number of likely N-dealkylation sites (N-methyl/N-ethyl adjacent to an activating group) is 1. The molecule has 0 N–H and O–H groups in total. The third-order valence-electron chi connectivity index (χ3n) is 5.75. The Morgan fingerprint density at radius 1 is 1.19 bits per heavy atom. The Balaban J connectivity index is 1.80. The number of hydrogen-bond donors (Lipinski definition) is 0. The van der Waals surface area contributed by atoms with Crippen molar-refractivity contribution in [1.82, 2.24) is 14.8 Å². The molecule has 1 aliphatic heterocycles. The number of halogens is 1. The SMILES string of the molecule is CC(=O)[C@H]1CN([C@H]2c3ccccc3CCc3cc(Cl)cnc32)CCN1C. The topological polar surface area (TPSA) is 36.4 Å². The number of hydrogen-bond acceptors (Lipinski definition) is 4. The first-order valence-corrected chi connectivity index (χ1v) is 9.59. The van der Waals surface area contributed by atoms with E-state index < -0.39 is 0 Å². The van der Waals surface area contributed by atoms with Crippen LogP contribution in [0.15, 0.2) is 36.5 Å². The van der Waals surface area contributed by atoms with E-state index >= 15 is 0 Å². The van der Waals surface area contributed by atoms with E-state index in [9.17, 15) is 4.79 Å². The lowest BCUT2D eigenvalue weighted by Crippen LogP contribution is -2.55. The maximum atomic E-state index is 12.1. The summed E-state index contributed by atoms with van der Waals surface area (Å²) in [5, 5.41) is 0.688. The van der Waals surface area contributed by atoms with E-state index in [4.69, 9.17) is 16.6 Å². The van der Waals surface area contributed by atoms with Gasteiger partial charge in [0.15, 0.2) is 0 Å². The molecule has 0 saturated carbocycles. The van der Waals surface area contributed by atoms with E-state index in [1.54, 1.807) is 13.1 Å². The molecule has 0 radical (unpaired) electrons. The number of carbonyl (C=O) groups excluding carboxylic acids is 1. The molecule has 2 heterocycles. The maximum Gasteiger partial charge on any atom is 0.148 e. The van der Waals surface area contributed by atoms with Crippen LogP contribution in [-0.4, -0.2) is 53.3 Å². The van der Waals surface area contributed by atoms with E-state index in [2.05, 4.69) is 40.1 Å². The second-order valence-corrected chi connectivity index (χ2v) is 7.84. The van der Waals surface area contributed by atoms with E-state index in [0.717, 1.165) is 38.2 Å². The molecule has 136 valence electrons. The lowest BCUT2D eigenvalue weighted by molar-refractivity contribution is -0.124. The summed E-state index contributed by atoms with van der Waals surface area (Å²) in [6, 6.07) is 10.7. The van der Waals surface area contributed by atoms with Gasteiger partial charge in [0, 0.05) is 25.8 Å². The lowest BCUT2D eigenvalue weighted by atomic mass is 9.95. The van der Waals surface area contributed by atoms with Crippen LogP contribution in [0.4, 0.5) is 0 Å². The second kappa shape index (κ2) is 7.10. The number of ketones is 1. The van der Waals surface area contributed by atoms with Crippen molar-refractivity contribution in [3.05, 3.63) is 63.9 Å². The van der Waals surface area contributed by atoms with Gasteiger partial charge in [-0.3, -0.25) is 19.6 Å². The number of piperazine rings is 1. The third kappa shape index (κ3) is 3.18. The van der Waals surface area contributed by atoms with Crippen LogP contribution >= 0.6 is 11.6 Å². The zero-order chi connectivity index (χ0) is 18.3. The second-order valence-electron chi connectivity index (χ2n) is 7.40. The van der Waals surface area contributed by atoms with Gasteiger partial charge in [0.2, 0.25) is 0 Å². The normalized spacial score (nSPS) is 23.8.